The number of benzene rings is 1. The molecule has 0 bridgehead atoms. The van der Waals surface area contributed by atoms with Crippen LogP contribution in [0.25, 0.3) is 5.57 Å². The minimum absolute atomic E-state index is 0.285. The molecule has 0 spiro atoms. The Hall–Kier alpha value is -3.06. The topological polar surface area (TPSA) is 37.8 Å². The number of hydrogen-bond acceptors (Lipinski definition) is 4. The lowest BCUT2D eigenvalue weighted by molar-refractivity contribution is -0.141. The summed E-state index contributed by atoms with van der Waals surface area (Å²) in [5, 5.41) is 3.26. The summed E-state index contributed by atoms with van der Waals surface area (Å²) in [7, 11) is 0. The first kappa shape index (κ1) is 25.6. The largest absolute Gasteiger partial charge is 0.433 e. The van der Waals surface area contributed by atoms with Gasteiger partial charge in [-0.05, 0) is 53.3 Å². The van der Waals surface area contributed by atoms with E-state index in [1.54, 1.807) is 43.9 Å². The van der Waals surface area contributed by atoms with E-state index < -0.39 is 17.3 Å². The fourth-order valence-electron chi connectivity index (χ4n) is 3.43. The van der Waals surface area contributed by atoms with E-state index in [0.29, 0.717) is 17.7 Å². The summed E-state index contributed by atoms with van der Waals surface area (Å²) in [6.07, 6.45) is -2.15. The Labute approximate surface area is 203 Å². The third-order valence-electron chi connectivity index (χ3n) is 5.48. The van der Waals surface area contributed by atoms with E-state index in [2.05, 4.69) is 59.6 Å². The number of rotatable bonds is 9. The molecule has 0 aliphatic heterocycles. The Morgan fingerprint density at radius 2 is 1.65 bits per heavy atom. The summed E-state index contributed by atoms with van der Waals surface area (Å²) in [5.41, 5.74) is 2.45. The van der Waals surface area contributed by atoms with Gasteiger partial charge in [-0.2, -0.15) is 13.2 Å². The van der Waals surface area contributed by atoms with Gasteiger partial charge in [-0.1, -0.05) is 52.1 Å². The number of thioether (sulfide) groups is 1. The highest BCUT2D eigenvalue weighted by molar-refractivity contribution is 7.99. The zero-order chi connectivity index (χ0) is 24.9. The maximum Gasteiger partial charge on any atom is 0.433 e. The predicted octanol–water partition coefficient (Wildman–Crippen LogP) is 7.77. The Bertz CT molecular complexity index is 1150. The van der Waals surface area contributed by atoms with Crippen LogP contribution in [0.15, 0.2) is 84.5 Å². The van der Waals surface area contributed by atoms with Crippen molar-refractivity contribution in [3.63, 3.8) is 0 Å². The molecule has 0 aliphatic rings. The van der Waals surface area contributed by atoms with E-state index in [9.17, 15) is 13.2 Å². The van der Waals surface area contributed by atoms with Gasteiger partial charge in [-0.15, -0.1) is 11.8 Å². The second-order valence-electron chi connectivity index (χ2n) is 8.42. The molecule has 1 aromatic carbocycles. The average molecular weight is 484 g/mol. The first-order chi connectivity index (χ1) is 16.0. The second kappa shape index (κ2) is 10.5. The van der Waals surface area contributed by atoms with E-state index in [4.69, 9.17) is 0 Å². The van der Waals surface area contributed by atoms with Gasteiger partial charge in [0.1, 0.15) is 5.69 Å². The van der Waals surface area contributed by atoms with Crippen LogP contribution in [0, 0.1) is 0 Å². The van der Waals surface area contributed by atoms with Crippen LogP contribution < -0.4 is 5.32 Å². The zero-order valence-electron chi connectivity index (χ0n) is 19.5. The fourth-order valence-corrected chi connectivity index (χ4v) is 4.09. The Morgan fingerprint density at radius 3 is 2.24 bits per heavy atom. The van der Waals surface area contributed by atoms with Gasteiger partial charge >= 0.3 is 6.18 Å². The molecule has 0 unspecified atom stereocenters. The minimum Gasteiger partial charge on any atom is -0.358 e. The summed E-state index contributed by atoms with van der Waals surface area (Å²) in [6.45, 7) is 13.9. The van der Waals surface area contributed by atoms with Gasteiger partial charge in [0.15, 0.2) is 0 Å². The maximum absolute atomic E-state index is 13.1. The van der Waals surface area contributed by atoms with Crippen molar-refractivity contribution in [2.45, 2.75) is 43.7 Å². The van der Waals surface area contributed by atoms with Crippen LogP contribution in [0.2, 0.25) is 0 Å². The maximum atomic E-state index is 13.1. The Morgan fingerprint density at radius 1 is 0.971 bits per heavy atom. The molecule has 34 heavy (non-hydrogen) atoms. The zero-order valence-corrected chi connectivity index (χ0v) is 20.4. The molecule has 1 N–H and O–H groups in total. The Balaban J connectivity index is 1.67. The molecule has 178 valence electrons. The Kier molecular flexibility index (Phi) is 7.87. The summed E-state index contributed by atoms with van der Waals surface area (Å²) in [5.74, 6) is 1.04. The van der Waals surface area contributed by atoms with E-state index >= 15 is 0 Å². The summed E-state index contributed by atoms with van der Waals surface area (Å²) >= 11 is 1.80. The van der Waals surface area contributed by atoms with Crippen LogP contribution in [0.3, 0.4) is 0 Å². The van der Waals surface area contributed by atoms with Gasteiger partial charge < -0.3 is 5.32 Å². The minimum atomic E-state index is -4.50. The number of allylic oxidation sites excluding steroid dienone is 2. The summed E-state index contributed by atoms with van der Waals surface area (Å²) in [4.78, 5) is 9.56. The van der Waals surface area contributed by atoms with Gasteiger partial charge in [-0.25, -0.2) is 4.98 Å². The van der Waals surface area contributed by atoms with Gasteiger partial charge in [0.2, 0.25) is 0 Å². The molecular formula is C27H28F3N3S. The van der Waals surface area contributed by atoms with E-state index in [1.165, 1.54) is 11.0 Å². The molecule has 0 atom stereocenters. The van der Waals surface area contributed by atoms with Crippen LogP contribution in [-0.4, -0.2) is 15.7 Å². The summed E-state index contributed by atoms with van der Waals surface area (Å²) < 4.78 is 39.3. The number of hydrogen-bond donors (Lipinski definition) is 1. The van der Waals surface area contributed by atoms with E-state index in [1.807, 2.05) is 6.07 Å². The summed E-state index contributed by atoms with van der Waals surface area (Å²) in [6, 6.07) is 16.0. The van der Waals surface area contributed by atoms with Crippen molar-refractivity contribution in [3.05, 3.63) is 102 Å². The lowest BCUT2D eigenvalue weighted by atomic mass is 9.79. The molecule has 0 radical (unpaired) electrons. The monoisotopic (exact) mass is 483 g/mol. The molecule has 3 aromatic rings. The third kappa shape index (κ3) is 6.29. The molecule has 0 saturated carbocycles. The number of aromatic nitrogens is 2. The number of nitrogens with one attached hydrogen (secondary N) is 1. The number of anilines is 1. The van der Waals surface area contributed by atoms with Crippen LogP contribution in [0.5, 0.6) is 0 Å². The van der Waals surface area contributed by atoms with E-state index in [0.717, 1.165) is 28.8 Å². The van der Waals surface area contributed by atoms with Crippen LogP contribution in [-0.2, 0) is 18.0 Å². The molecule has 0 saturated heterocycles. The van der Waals surface area contributed by atoms with Gasteiger partial charge in [0.25, 0.3) is 0 Å². The fraction of sp³-hybridized carbons (Fsp3) is 0.259. The molecule has 3 rings (SSSR count). The second-order valence-corrected chi connectivity index (χ2v) is 9.76. The molecule has 3 nitrogen and oxygen atoms in total. The van der Waals surface area contributed by atoms with Gasteiger partial charge in [0.05, 0.1) is 23.3 Å². The first-order valence-electron chi connectivity index (χ1n) is 10.9. The van der Waals surface area contributed by atoms with Crippen molar-refractivity contribution in [3.8, 4) is 0 Å². The number of halogens is 3. The highest BCUT2D eigenvalue weighted by Gasteiger charge is 2.35. The average Bonchev–Trinajstić information content (AvgIpc) is 2.80. The molecule has 2 aromatic heterocycles. The van der Waals surface area contributed by atoms with Crippen molar-refractivity contribution in [1.82, 2.24) is 9.97 Å². The third-order valence-corrected chi connectivity index (χ3v) is 6.37. The van der Waals surface area contributed by atoms with Crippen LogP contribution >= 0.6 is 11.8 Å². The number of alkyl halides is 3. The van der Waals surface area contributed by atoms with Crippen molar-refractivity contribution in [2.75, 3.05) is 11.1 Å². The standard InChI is InChI=1S/C27H28F3N3S/c1-6-34-22-13-10-20(11-14-22)16-18(2)32-21-12-15-23(31-17-21)19(3)26(4,5)24-8-7-9-25(33-24)27(28,29)30/h7-15,17,32H,2-3,6,16H2,1,4-5H3. The molecular weight excluding hydrogens is 455 g/mol. The highest BCUT2D eigenvalue weighted by atomic mass is 32.2. The number of pyridine rings is 2. The van der Waals surface area contributed by atoms with Crippen LogP contribution in [0.1, 0.15) is 43.4 Å². The van der Waals surface area contributed by atoms with Crippen molar-refractivity contribution in [2.24, 2.45) is 0 Å². The molecule has 0 fully saturated rings. The van der Waals surface area contributed by atoms with Crippen molar-refractivity contribution < 1.29 is 13.2 Å². The van der Waals surface area contributed by atoms with Crippen molar-refractivity contribution in [1.29, 1.82) is 0 Å². The van der Waals surface area contributed by atoms with Crippen LogP contribution in [0.4, 0.5) is 18.9 Å². The predicted molar refractivity (Wildman–Crippen MR) is 135 cm³/mol. The lowest BCUT2D eigenvalue weighted by Crippen LogP contribution is -2.23. The molecule has 0 aliphatic carbocycles. The quantitative estimate of drug-likeness (QED) is 0.316. The normalized spacial score (nSPS) is 11.8. The molecule has 7 heteroatoms. The van der Waals surface area contributed by atoms with E-state index in [-0.39, 0.29) is 5.69 Å². The molecule has 2 heterocycles. The molecule has 0 amide bonds. The smallest absolute Gasteiger partial charge is 0.358 e. The van der Waals surface area contributed by atoms with Gasteiger partial charge in [0, 0.05) is 22.4 Å². The lowest BCUT2D eigenvalue weighted by Gasteiger charge is -2.27. The SMILES string of the molecule is C=C(Cc1ccc(SCC)cc1)Nc1ccc(C(=C)C(C)(C)c2cccc(C(F)(F)F)n2)nc1. The first-order valence-corrected chi connectivity index (χ1v) is 11.9. The number of nitrogens with zero attached hydrogens (tertiary/aromatic N) is 2. The highest BCUT2D eigenvalue weighted by Crippen LogP contribution is 2.37. The van der Waals surface area contributed by atoms with Gasteiger partial charge in [-0.3, -0.25) is 4.98 Å². The van der Waals surface area contributed by atoms with Crippen molar-refractivity contribution >= 4 is 23.0 Å².